The van der Waals surface area contributed by atoms with Crippen LogP contribution in [0.4, 0.5) is 5.69 Å². The first-order valence-electron chi connectivity index (χ1n) is 8.14. The van der Waals surface area contributed by atoms with Crippen molar-refractivity contribution in [2.45, 2.75) is 38.9 Å². The maximum Gasteiger partial charge on any atom is 0.235 e. The largest absolute Gasteiger partial charge is 0.306 e. The van der Waals surface area contributed by atoms with Crippen LogP contribution in [0.5, 0.6) is 0 Å². The molecule has 0 saturated carbocycles. The van der Waals surface area contributed by atoms with Crippen molar-refractivity contribution in [3.63, 3.8) is 0 Å². The Morgan fingerprint density at radius 1 is 1.33 bits per heavy atom. The summed E-state index contributed by atoms with van der Waals surface area (Å²) in [5.74, 6) is 0.236. The van der Waals surface area contributed by atoms with Crippen molar-refractivity contribution in [3.05, 3.63) is 42.5 Å². The highest BCUT2D eigenvalue weighted by atomic mass is 32.2. The number of rotatable bonds is 6. The molecule has 2 heterocycles. The van der Waals surface area contributed by atoms with E-state index in [-0.39, 0.29) is 17.8 Å². The average molecular weight is 349 g/mol. The number of hydrogen-bond donors (Lipinski definition) is 1. The summed E-state index contributed by atoms with van der Waals surface area (Å²) in [7, 11) is -3.15. The van der Waals surface area contributed by atoms with Crippen molar-refractivity contribution in [2.24, 2.45) is 0 Å². The summed E-state index contributed by atoms with van der Waals surface area (Å²) in [6.45, 7) is 5.46. The Bertz CT molecular complexity index is 776. The van der Waals surface area contributed by atoms with E-state index in [1.807, 2.05) is 24.3 Å². The van der Waals surface area contributed by atoms with Crippen LogP contribution in [-0.4, -0.2) is 41.5 Å². The van der Waals surface area contributed by atoms with Gasteiger partial charge < -0.3 is 5.32 Å². The SMILES string of the molecule is C[C@H](Cn1cncn1)N[C@@H](C)c1cccc(N2CCCS2(=O)=O)c1. The third-order valence-electron chi connectivity index (χ3n) is 4.22. The Morgan fingerprint density at radius 2 is 2.17 bits per heavy atom. The smallest absolute Gasteiger partial charge is 0.235 e. The van der Waals surface area contributed by atoms with Gasteiger partial charge >= 0.3 is 0 Å². The molecular formula is C16H23N5O2S. The first-order valence-corrected chi connectivity index (χ1v) is 9.75. The maximum atomic E-state index is 12.1. The number of sulfonamides is 1. The molecule has 0 amide bonds. The Morgan fingerprint density at radius 3 is 2.83 bits per heavy atom. The van der Waals surface area contributed by atoms with Crippen molar-refractivity contribution in [1.82, 2.24) is 20.1 Å². The van der Waals surface area contributed by atoms with E-state index in [4.69, 9.17) is 0 Å². The molecule has 1 aromatic heterocycles. The molecule has 1 aliphatic rings. The van der Waals surface area contributed by atoms with Gasteiger partial charge in [-0.2, -0.15) is 5.10 Å². The second kappa shape index (κ2) is 6.90. The lowest BCUT2D eigenvalue weighted by Crippen LogP contribution is -2.33. The Kier molecular flexibility index (Phi) is 4.86. The van der Waals surface area contributed by atoms with Gasteiger partial charge in [0.1, 0.15) is 12.7 Å². The molecule has 1 N–H and O–H groups in total. The summed E-state index contributed by atoms with van der Waals surface area (Å²) < 4.78 is 27.5. The van der Waals surface area contributed by atoms with Gasteiger partial charge in [0.2, 0.25) is 10.0 Å². The predicted molar refractivity (Wildman–Crippen MR) is 93.2 cm³/mol. The lowest BCUT2D eigenvalue weighted by atomic mass is 10.1. The zero-order valence-electron chi connectivity index (χ0n) is 14.0. The third kappa shape index (κ3) is 3.76. The number of aromatic nitrogens is 3. The molecule has 8 heteroatoms. The highest BCUT2D eigenvalue weighted by Gasteiger charge is 2.28. The van der Waals surface area contributed by atoms with E-state index in [1.165, 1.54) is 10.6 Å². The summed E-state index contributed by atoms with van der Waals surface area (Å²) in [5, 5.41) is 7.63. The first kappa shape index (κ1) is 16.9. The average Bonchev–Trinajstić information content (AvgIpc) is 3.16. The number of benzene rings is 1. The normalized spacial score (nSPS) is 19.3. The Hall–Kier alpha value is -1.93. The zero-order chi connectivity index (χ0) is 17.2. The fourth-order valence-electron chi connectivity index (χ4n) is 3.06. The highest BCUT2D eigenvalue weighted by molar-refractivity contribution is 7.93. The van der Waals surface area contributed by atoms with Crippen molar-refractivity contribution in [3.8, 4) is 0 Å². The minimum absolute atomic E-state index is 0.105. The van der Waals surface area contributed by atoms with Crippen LogP contribution in [0.2, 0.25) is 0 Å². The summed E-state index contributed by atoms with van der Waals surface area (Å²) in [5.41, 5.74) is 1.82. The zero-order valence-corrected chi connectivity index (χ0v) is 14.8. The van der Waals surface area contributed by atoms with Crippen molar-refractivity contribution in [1.29, 1.82) is 0 Å². The van der Waals surface area contributed by atoms with Gasteiger partial charge in [0, 0.05) is 18.6 Å². The van der Waals surface area contributed by atoms with Gasteiger partial charge in [-0.1, -0.05) is 12.1 Å². The summed E-state index contributed by atoms with van der Waals surface area (Å²) in [6, 6.07) is 8.07. The van der Waals surface area contributed by atoms with Gasteiger partial charge in [-0.05, 0) is 38.0 Å². The van der Waals surface area contributed by atoms with Crippen LogP contribution in [0.25, 0.3) is 0 Å². The molecule has 0 spiro atoms. The van der Waals surface area contributed by atoms with Crippen molar-refractivity contribution < 1.29 is 8.42 Å². The quantitative estimate of drug-likeness (QED) is 0.856. The van der Waals surface area contributed by atoms with Crippen molar-refractivity contribution >= 4 is 15.7 Å². The molecule has 1 fully saturated rings. The van der Waals surface area contributed by atoms with Gasteiger partial charge in [0.05, 0.1) is 18.0 Å². The van der Waals surface area contributed by atoms with Crippen molar-refractivity contribution in [2.75, 3.05) is 16.6 Å². The van der Waals surface area contributed by atoms with Gasteiger partial charge in [-0.3, -0.25) is 8.99 Å². The van der Waals surface area contributed by atoms with Crippen LogP contribution in [0, 0.1) is 0 Å². The third-order valence-corrected chi connectivity index (χ3v) is 6.09. The number of hydrogen-bond acceptors (Lipinski definition) is 5. The Balaban J connectivity index is 1.69. The van der Waals surface area contributed by atoms with Gasteiger partial charge in [0.15, 0.2) is 0 Å². The molecule has 0 aliphatic carbocycles. The molecule has 0 bridgehead atoms. The molecule has 130 valence electrons. The van der Waals surface area contributed by atoms with E-state index in [0.29, 0.717) is 13.0 Å². The van der Waals surface area contributed by atoms with E-state index in [2.05, 4.69) is 29.2 Å². The molecule has 0 unspecified atom stereocenters. The summed E-state index contributed by atoms with van der Waals surface area (Å²) in [6.07, 6.45) is 3.91. The van der Waals surface area contributed by atoms with Crippen LogP contribution in [-0.2, 0) is 16.6 Å². The van der Waals surface area contributed by atoms with Gasteiger partial charge in [-0.15, -0.1) is 0 Å². The van der Waals surface area contributed by atoms with E-state index < -0.39 is 10.0 Å². The lowest BCUT2D eigenvalue weighted by Gasteiger charge is -2.22. The second-order valence-corrected chi connectivity index (χ2v) is 8.26. The maximum absolute atomic E-state index is 12.1. The van der Waals surface area contributed by atoms with Gasteiger partial charge in [0.25, 0.3) is 0 Å². The van der Waals surface area contributed by atoms with Crippen LogP contribution in [0.1, 0.15) is 31.9 Å². The molecular weight excluding hydrogens is 326 g/mol. The number of anilines is 1. The summed E-state index contributed by atoms with van der Waals surface area (Å²) in [4.78, 5) is 3.94. The minimum Gasteiger partial charge on any atom is -0.306 e. The van der Waals surface area contributed by atoms with Crippen LogP contribution < -0.4 is 9.62 Å². The molecule has 1 saturated heterocycles. The monoisotopic (exact) mass is 349 g/mol. The fraction of sp³-hybridized carbons (Fsp3) is 0.500. The van der Waals surface area contributed by atoms with E-state index in [0.717, 1.165) is 17.8 Å². The van der Waals surface area contributed by atoms with Crippen LogP contribution >= 0.6 is 0 Å². The molecule has 3 rings (SSSR count). The first-order chi connectivity index (χ1) is 11.5. The molecule has 2 aromatic rings. The fourth-order valence-corrected chi connectivity index (χ4v) is 4.62. The molecule has 7 nitrogen and oxygen atoms in total. The minimum atomic E-state index is -3.15. The standard InChI is InChI=1S/C16H23N5O2S/c1-13(10-20-12-17-11-18-20)19-14(2)15-5-3-6-16(9-15)21-7-4-8-24(21,22)23/h3,5-6,9,11-14,19H,4,7-8,10H2,1-2H3/t13-,14+/m1/s1. The highest BCUT2D eigenvalue weighted by Crippen LogP contribution is 2.26. The Labute approximate surface area is 142 Å². The molecule has 2 atom stereocenters. The molecule has 24 heavy (non-hydrogen) atoms. The summed E-state index contributed by atoms with van der Waals surface area (Å²) >= 11 is 0. The molecule has 0 radical (unpaired) electrons. The molecule has 1 aliphatic heterocycles. The topological polar surface area (TPSA) is 80.1 Å². The van der Waals surface area contributed by atoms with E-state index in [1.54, 1.807) is 11.0 Å². The molecule has 1 aromatic carbocycles. The number of nitrogens with zero attached hydrogens (tertiary/aromatic N) is 4. The van der Waals surface area contributed by atoms with Crippen LogP contribution in [0.15, 0.2) is 36.9 Å². The van der Waals surface area contributed by atoms with E-state index in [9.17, 15) is 8.42 Å². The lowest BCUT2D eigenvalue weighted by molar-refractivity contribution is 0.412. The second-order valence-electron chi connectivity index (χ2n) is 6.24. The van der Waals surface area contributed by atoms with Gasteiger partial charge in [-0.25, -0.2) is 13.4 Å². The number of nitrogens with one attached hydrogen (secondary N) is 1. The predicted octanol–water partition coefficient (Wildman–Crippen LogP) is 1.56. The van der Waals surface area contributed by atoms with E-state index >= 15 is 0 Å². The van der Waals surface area contributed by atoms with Crippen LogP contribution in [0.3, 0.4) is 0 Å².